The van der Waals surface area contributed by atoms with Gasteiger partial charge in [0.1, 0.15) is 17.2 Å². The summed E-state index contributed by atoms with van der Waals surface area (Å²) >= 11 is 0. The van der Waals surface area contributed by atoms with Crippen LogP contribution in [-0.4, -0.2) is 91.6 Å². The third kappa shape index (κ3) is 7.94. The average Bonchev–Trinajstić information content (AvgIpc) is 3.78. The maximum Gasteiger partial charge on any atom is 0.267 e. The van der Waals surface area contributed by atoms with Crippen molar-refractivity contribution in [3.63, 3.8) is 0 Å². The molecule has 2 N–H and O–H groups in total. The summed E-state index contributed by atoms with van der Waals surface area (Å²) in [7, 11) is 0. The van der Waals surface area contributed by atoms with Gasteiger partial charge in [-0.05, 0) is 81.7 Å². The number of piperidine rings is 1. The van der Waals surface area contributed by atoms with Gasteiger partial charge in [0, 0.05) is 62.0 Å². The molecule has 0 radical (unpaired) electrons. The monoisotopic (exact) mass is 734 g/mol. The molecule has 3 amide bonds. The molecule has 3 aliphatic rings. The molecule has 54 heavy (non-hydrogen) atoms. The minimum Gasteiger partial charge on any atom is -0.490 e. The number of anilines is 1. The van der Waals surface area contributed by atoms with Crippen molar-refractivity contribution in [3.8, 4) is 11.5 Å². The minimum atomic E-state index is -0.643. The van der Waals surface area contributed by atoms with Gasteiger partial charge in [0.2, 0.25) is 5.91 Å². The van der Waals surface area contributed by atoms with Crippen molar-refractivity contribution in [3.05, 3.63) is 78.4 Å². The van der Waals surface area contributed by atoms with Crippen molar-refractivity contribution in [2.45, 2.75) is 83.1 Å². The standard InChI is InChI=1S/C40H46N8O6/c1-25(2)53-36-20-33-28(19-32(36)39(50)43-34-21-42-47-15-3-14-41-38(34)47)23-48(45-33)29-8-4-27(5-9-29)22-46-16-17-52-24-30(46)18-26-6-10-31(11-7-26)54-35-12-13-37(49)44-40(35)51/h3,6-7,10-11,14-15,19-21,23,25,27,29-30,35H,4-5,8-9,12-13,16-18,22,24H2,1-2H3,(H,43,50)(H,44,49,51)/t27?,29?,30-,35-/m1/s1. The summed E-state index contributed by atoms with van der Waals surface area (Å²) in [6.07, 6.45) is 12.2. The maximum atomic E-state index is 13.6. The van der Waals surface area contributed by atoms with Crippen LogP contribution in [0.1, 0.15) is 74.3 Å². The minimum absolute atomic E-state index is 0.122. The molecule has 2 aromatic carbocycles. The second kappa shape index (κ2) is 15.6. The first kappa shape index (κ1) is 35.7. The Morgan fingerprint density at radius 1 is 1.09 bits per heavy atom. The van der Waals surface area contributed by atoms with E-state index in [-0.39, 0.29) is 42.3 Å². The largest absolute Gasteiger partial charge is 0.490 e. The summed E-state index contributed by atoms with van der Waals surface area (Å²) < 4.78 is 21.6. The number of hydrogen-bond acceptors (Lipinski definition) is 10. The van der Waals surface area contributed by atoms with Crippen LogP contribution in [0, 0.1) is 5.92 Å². The number of nitrogens with zero attached hydrogens (tertiary/aromatic N) is 6. The first-order valence-corrected chi connectivity index (χ1v) is 19.0. The maximum absolute atomic E-state index is 13.6. The molecular formula is C40H46N8O6. The summed E-state index contributed by atoms with van der Waals surface area (Å²) in [6, 6.07) is 14.0. The molecule has 2 saturated heterocycles. The molecule has 1 saturated carbocycles. The van der Waals surface area contributed by atoms with Gasteiger partial charge in [-0.2, -0.15) is 10.2 Å². The number of carbonyl (C=O) groups is 3. The highest BCUT2D eigenvalue weighted by Gasteiger charge is 2.31. The highest BCUT2D eigenvalue weighted by molar-refractivity contribution is 6.09. The lowest BCUT2D eigenvalue weighted by molar-refractivity contribution is -0.138. The van der Waals surface area contributed by atoms with Gasteiger partial charge in [0.15, 0.2) is 11.8 Å². The summed E-state index contributed by atoms with van der Waals surface area (Å²) in [5, 5.41) is 15.5. The second-order valence-electron chi connectivity index (χ2n) is 14.9. The van der Waals surface area contributed by atoms with E-state index in [1.165, 1.54) is 5.56 Å². The predicted octanol–water partition coefficient (Wildman–Crippen LogP) is 4.98. The molecule has 2 atom stereocenters. The molecule has 3 aromatic heterocycles. The molecule has 2 aliphatic heterocycles. The van der Waals surface area contributed by atoms with Gasteiger partial charge >= 0.3 is 0 Å². The zero-order valence-corrected chi connectivity index (χ0v) is 30.6. The third-order valence-corrected chi connectivity index (χ3v) is 10.7. The SMILES string of the molecule is CC(C)Oc1cc2nn(C3CCC(CN4CCOC[C@H]4Cc4ccc(O[C@@H]5CCC(=O)NC5=O)cc4)CC3)cc2cc1C(=O)Nc1cnn2cccnc12. The Bertz CT molecular complexity index is 2140. The first-order valence-electron chi connectivity index (χ1n) is 19.0. The molecule has 1 aliphatic carbocycles. The van der Waals surface area contributed by atoms with Crippen LogP contribution < -0.4 is 20.1 Å². The number of nitrogens with one attached hydrogen (secondary N) is 2. The lowest BCUT2D eigenvalue weighted by Gasteiger charge is -2.39. The van der Waals surface area contributed by atoms with Crippen LogP contribution in [0.2, 0.25) is 0 Å². The van der Waals surface area contributed by atoms with E-state index in [4.69, 9.17) is 19.3 Å². The van der Waals surface area contributed by atoms with Crippen molar-refractivity contribution in [1.82, 2.24) is 34.6 Å². The number of benzene rings is 2. The Hall–Kier alpha value is -5.34. The second-order valence-corrected chi connectivity index (χ2v) is 14.9. The van der Waals surface area contributed by atoms with Gasteiger partial charge in [0.25, 0.3) is 11.8 Å². The number of rotatable bonds is 11. The molecule has 5 aromatic rings. The molecule has 3 fully saturated rings. The van der Waals surface area contributed by atoms with Crippen LogP contribution in [-0.2, 0) is 20.7 Å². The van der Waals surface area contributed by atoms with E-state index in [2.05, 4.69) is 48.6 Å². The van der Waals surface area contributed by atoms with E-state index >= 15 is 0 Å². The van der Waals surface area contributed by atoms with Crippen LogP contribution in [0.5, 0.6) is 11.5 Å². The fraction of sp³-hybridized carbons (Fsp3) is 0.450. The quantitative estimate of drug-likeness (QED) is 0.178. The number of morpholine rings is 1. The highest BCUT2D eigenvalue weighted by Crippen LogP contribution is 2.35. The average molecular weight is 735 g/mol. The molecule has 0 unspecified atom stereocenters. The van der Waals surface area contributed by atoms with Gasteiger partial charge in [-0.25, -0.2) is 9.50 Å². The zero-order valence-electron chi connectivity index (χ0n) is 30.6. The number of carbonyl (C=O) groups excluding carboxylic acids is 3. The Morgan fingerprint density at radius 2 is 1.93 bits per heavy atom. The Labute approximate surface area is 313 Å². The molecule has 8 rings (SSSR count). The van der Waals surface area contributed by atoms with Crippen molar-refractivity contribution >= 4 is 40.0 Å². The van der Waals surface area contributed by atoms with Crippen LogP contribution >= 0.6 is 0 Å². The summed E-state index contributed by atoms with van der Waals surface area (Å²) in [5.41, 5.74) is 3.52. The van der Waals surface area contributed by atoms with E-state index in [1.807, 2.05) is 38.1 Å². The fourth-order valence-electron chi connectivity index (χ4n) is 7.86. The van der Waals surface area contributed by atoms with Crippen LogP contribution in [0.15, 0.2) is 67.3 Å². The molecular weight excluding hydrogens is 688 g/mol. The third-order valence-electron chi connectivity index (χ3n) is 10.7. The molecule has 0 bridgehead atoms. The van der Waals surface area contributed by atoms with Gasteiger partial charge in [-0.3, -0.25) is 29.3 Å². The number of aromatic nitrogens is 5. The van der Waals surface area contributed by atoms with E-state index in [1.54, 1.807) is 29.2 Å². The molecule has 0 spiro atoms. The van der Waals surface area contributed by atoms with Crippen molar-refractivity contribution < 1.29 is 28.6 Å². The number of ether oxygens (including phenoxy) is 3. The van der Waals surface area contributed by atoms with E-state index in [9.17, 15) is 14.4 Å². The van der Waals surface area contributed by atoms with Crippen molar-refractivity contribution in [1.29, 1.82) is 0 Å². The van der Waals surface area contributed by atoms with Crippen LogP contribution in [0.4, 0.5) is 5.69 Å². The van der Waals surface area contributed by atoms with Gasteiger partial charge in [-0.1, -0.05) is 12.1 Å². The lowest BCUT2D eigenvalue weighted by atomic mass is 9.85. The Kier molecular flexibility index (Phi) is 10.3. The Balaban J connectivity index is 0.885. The smallest absolute Gasteiger partial charge is 0.267 e. The molecule has 14 nitrogen and oxygen atoms in total. The number of imide groups is 1. The number of fused-ring (bicyclic) bond motifs is 2. The number of hydrogen-bond donors (Lipinski definition) is 2. The normalized spacial score (nSPS) is 22.4. The van der Waals surface area contributed by atoms with E-state index in [0.29, 0.717) is 47.3 Å². The predicted molar refractivity (Wildman–Crippen MR) is 201 cm³/mol. The highest BCUT2D eigenvalue weighted by atomic mass is 16.5. The van der Waals surface area contributed by atoms with Gasteiger partial charge in [0.05, 0.1) is 42.6 Å². The Morgan fingerprint density at radius 3 is 2.72 bits per heavy atom. The lowest BCUT2D eigenvalue weighted by Crippen LogP contribution is -2.48. The molecule has 14 heteroatoms. The first-order chi connectivity index (χ1) is 26.3. The summed E-state index contributed by atoms with van der Waals surface area (Å²) in [4.78, 5) is 44.1. The topological polar surface area (TPSA) is 154 Å². The van der Waals surface area contributed by atoms with Crippen molar-refractivity contribution in [2.75, 3.05) is 31.6 Å². The fourth-order valence-corrected chi connectivity index (χ4v) is 7.86. The van der Waals surface area contributed by atoms with Gasteiger partial charge < -0.3 is 19.5 Å². The summed E-state index contributed by atoms with van der Waals surface area (Å²) in [5.74, 6) is 0.784. The van der Waals surface area contributed by atoms with Crippen LogP contribution in [0.3, 0.4) is 0 Å². The zero-order chi connectivity index (χ0) is 37.2. The number of amides is 3. The summed E-state index contributed by atoms with van der Waals surface area (Å²) in [6.45, 7) is 7.27. The van der Waals surface area contributed by atoms with E-state index < -0.39 is 6.10 Å². The van der Waals surface area contributed by atoms with Gasteiger partial charge in [-0.15, -0.1) is 0 Å². The van der Waals surface area contributed by atoms with Crippen LogP contribution in [0.25, 0.3) is 16.6 Å². The molecule has 282 valence electrons. The van der Waals surface area contributed by atoms with Crippen molar-refractivity contribution in [2.24, 2.45) is 5.92 Å². The molecule has 5 heterocycles. The van der Waals surface area contributed by atoms with E-state index in [0.717, 1.165) is 62.7 Å².